The van der Waals surface area contributed by atoms with Crippen LogP contribution in [0.4, 0.5) is 5.69 Å². The molecule has 2 atom stereocenters. The average Bonchev–Trinajstić information content (AvgIpc) is 3.00. The van der Waals surface area contributed by atoms with E-state index in [-0.39, 0.29) is 29.6 Å². The third-order valence-corrected chi connectivity index (χ3v) is 9.11. The zero-order valence-electron chi connectivity index (χ0n) is 24.6. The summed E-state index contributed by atoms with van der Waals surface area (Å²) in [7, 11) is -4.15. The van der Waals surface area contributed by atoms with Gasteiger partial charge < -0.3 is 5.11 Å². The lowest BCUT2D eigenvalue weighted by atomic mass is 9.97. The first kappa shape index (κ1) is 32.0. The van der Waals surface area contributed by atoms with E-state index in [0.717, 1.165) is 22.8 Å². The van der Waals surface area contributed by atoms with Crippen molar-refractivity contribution in [3.8, 4) is 0 Å². The summed E-state index contributed by atoms with van der Waals surface area (Å²) in [6.45, 7) is 4.89. The van der Waals surface area contributed by atoms with Crippen molar-refractivity contribution >= 4 is 15.7 Å². The van der Waals surface area contributed by atoms with Gasteiger partial charge >= 0.3 is 0 Å². The first-order valence-corrected chi connectivity index (χ1v) is 15.9. The molecule has 8 nitrogen and oxygen atoms in total. The Morgan fingerprint density at radius 2 is 1.26 bits per heavy atom. The number of aliphatic hydroxyl groups excluding tert-OH is 1. The minimum atomic E-state index is -4.15. The van der Waals surface area contributed by atoms with Crippen molar-refractivity contribution in [2.45, 2.75) is 50.4 Å². The third-order valence-electron chi connectivity index (χ3n) is 7.28. The fraction of sp³-hybridized carbons (Fsp3) is 0.294. The zero-order valence-corrected chi connectivity index (χ0v) is 25.4. The molecule has 9 heteroatoms. The second kappa shape index (κ2) is 15.0. The highest BCUT2D eigenvalue weighted by molar-refractivity contribution is 7.89. The molecule has 0 radical (unpaired) electrons. The van der Waals surface area contributed by atoms with Crippen LogP contribution in [0.2, 0.25) is 0 Å². The van der Waals surface area contributed by atoms with Gasteiger partial charge in [0.25, 0.3) is 5.69 Å². The van der Waals surface area contributed by atoms with Crippen molar-refractivity contribution in [2.24, 2.45) is 5.92 Å². The number of non-ortho nitro benzene ring substituents is 1. The molecule has 0 unspecified atom stereocenters. The van der Waals surface area contributed by atoms with E-state index in [1.165, 1.54) is 22.5 Å². The highest BCUT2D eigenvalue weighted by atomic mass is 32.2. The summed E-state index contributed by atoms with van der Waals surface area (Å²) in [5, 5.41) is 23.4. The van der Waals surface area contributed by atoms with Crippen molar-refractivity contribution < 1.29 is 18.4 Å². The van der Waals surface area contributed by atoms with Crippen molar-refractivity contribution in [3.05, 3.63) is 142 Å². The fourth-order valence-corrected chi connectivity index (χ4v) is 6.87. The molecule has 0 bridgehead atoms. The molecule has 1 N–H and O–H groups in total. The predicted molar refractivity (Wildman–Crippen MR) is 169 cm³/mol. The van der Waals surface area contributed by atoms with Gasteiger partial charge in [-0.3, -0.25) is 15.0 Å². The number of nitrogens with zero attached hydrogens (tertiary/aromatic N) is 3. The van der Waals surface area contributed by atoms with E-state index < -0.39 is 27.1 Å². The molecule has 4 aromatic carbocycles. The number of nitro benzene ring substituents is 1. The van der Waals surface area contributed by atoms with Gasteiger partial charge in [-0.15, -0.1) is 0 Å². The first-order chi connectivity index (χ1) is 20.6. The number of hydrogen-bond donors (Lipinski definition) is 1. The van der Waals surface area contributed by atoms with Crippen LogP contribution in [0.5, 0.6) is 0 Å². The molecule has 4 rings (SSSR count). The molecule has 0 aliphatic carbocycles. The molecular formula is C34H39N3O5S. The number of hydrogen-bond acceptors (Lipinski definition) is 6. The summed E-state index contributed by atoms with van der Waals surface area (Å²) in [6.07, 6.45) is -0.575. The maximum Gasteiger partial charge on any atom is 0.270 e. The summed E-state index contributed by atoms with van der Waals surface area (Å²) in [5.41, 5.74) is 2.87. The normalized spacial score (nSPS) is 13.3. The predicted octanol–water partition coefficient (Wildman–Crippen LogP) is 5.92. The van der Waals surface area contributed by atoms with Gasteiger partial charge in [0.05, 0.1) is 15.9 Å². The Hall–Kier alpha value is -3.89. The molecule has 0 aliphatic rings. The fourth-order valence-electron chi connectivity index (χ4n) is 5.21. The van der Waals surface area contributed by atoms with E-state index in [9.17, 15) is 23.6 Å². The second-order valence-electron chi connectivity index (χ2n) is 11.2. The van der Waals surface area contributed by atoms with Gasteiger partial charge in [0, 0.05) is 44.4 Å². The van der Waals surface area contributed by atoms with Crippen LogP contribution in [-0.4, -0.2) is 52.9 Å². The average molecular weight is 602 g/mol. The standard InChI is InChI=1S/C34H39N3O5S/c1-27(2)23-36(43(41,42)32-20-12-19-31(22-32)37(39)40)26-34(38)33(21-28-13-6-3-7-14-28)35(24-29-15-8-4-9-16-29)25-30-17-10-5-11-18-30/h3-20,22,27,33-34,38H,21,23-26H2,1-2H3/t33-,34+/m0/s1. The Morgan fingerprint density at radius 3 is 1.74 bits per heavy atom. The molecule has 226 valence electrons. The molecule has 0 aliphatic heterocycles. The Bertz CT molecular complexity index is 1510. The zero-order chi connectivity index (χ0) is 30.8. The largest absolute Gasteiger partial charge is 0.390 e. The van der Waals surface area contributed by atoms with Crippen LogP contribution < -0.4 is 0 Å². The van der Waals surface area contributed by atoms with Crippen molar-refractivity contribution in [1.82, 2.24) is 9.21 Å². The number of benzene rings is 4. The van der Waals surface area contributed by atoms with Crippen LogP contribution in [0.1, 0.15) is 30.5 Å². The second-order valence-corrected chi connectivity index (χ2v) is 13.1. The highest BCUT2D eigenvalue weighted by Gasteiger charge is 2.34. The number of sulfonamides is 1. The smallest absolute Gasteiger partial charge is 0.270 e. The van der Waals surface area contributed by atoms with Gasteiger partial charge in [0.1, 0.15) is 0 Å². The molecule has 43 heavy (non-hydrogen) atoms. The maximum atomic E-state index is 13.9. The van der Waals surface area contributed by atoms with Gasteiger partial charge in [-0.05, 0) is 35.1 Å². The van der Waals surface area contributed by atoms with E-state index in [4.69, 9.17) is 0 Å². The summed E-state index contributed by atoms with van der Waals surface area (Å²) < 4.78 is 29.0. The Balaban J connectivity index is 1.72. The molecule has 4 aromatic rings. The topological polar surface area (TPSA) is 104 Å². The van der Waals surface area contributed by atoms with Crippen LogP contribution in [0, 0.1) is 16.0 Å². The quantitative estimate of drug-likeness (QED) is 0.134. The SMILES string of the molecule is CC(C)CN(C[C@@H](O)[C@H](Cc1ccccc1)N(Cc1ccccc1)Cc1ccccc1)S(=O)(=O)c1cccc([N+](=O)[O-])c1. The molecular weight excluding hydrogens is 562 g/mol. The highest BCUT2D eigenvalue weighted by Crippen LogP contribution is 2.25. The first-order valence-electron chi connectivity index (χ1n) is 14.4. The van der Waals surface area contributed by atoms with Crippen LogP contribution in [0.25, 0.3) is 0 Å². The van der Waals surface area contributed by atoms with E-state index in [1.807, 2.05) is 105 Å². The van der Waals surface area contributed by atoms with E-state index in [2.05, 4.69) is 4.90 Å². The van der Waals surface area contributed by atoms with Crippen LogP contribution >= 0.6 is 0 Å². The third kappa shape index (κ3) is 9.05. The Labute approximate surface area is 254 Å². The van der Waals surface area contributed by atoms with E-state index in [0.29, 0.717) is 19.5 Å². The summed E-state index contributed by atoms with van der Waals surface area (Å²) in [6, 6.07) is 34.5. The molecule has 0 aromatic heterocycles. The molecule has 0 saturated carbocycles. The van der Waals surface area contributed by atoms with Gasteiger partial charge in [0.2, 0.25) is 10.0 Å². The number of nitro groups is 1. The van der Waals surface area contributed by atoms with Gasteiger partial charge in [-0.2, -0.15) is 4.31 Å². The van der Waals surface area contributed by atoms with Crippen LogP contribution in [0.3, 0.4) is 0 Å². The summed E-state index contributed by atoms with van der Waals surface area (Å²) in [5.74, 6) is -0.0435. The molecule has 0 spiro atoms. The van der Waals surface area contributed by atoms with Crippen molar-refractivity contribution in [1.29, 1.82) is 0 Å². The molecule has 0 saturated heterocycles. The van der Waals surface area contributed by atoms with E-state index in [1.54, 1.807) is 0 Å². The van der Waals surface area contributed by atoms with Crippen molar-refractivity contribution in [3.63, 3.8) is 0 Å². The Morgan fingerprint density at radius 1 is 0.744 bits per heavy atom. The number of rotatable bonds is 15. The summed E-state index contributed by atoms with van der Waals surface area (Å²) >= 11 is 0. The maximum absolute atomic E-state index is 13.9. The lowest BCUT2D eigenvalue weighted by Crippen LogP contribution is -2.50. The monoisotopic (exact) mass is 601 g/mol. The Kier molecular flexibility index (Phi) is 11.2. The summed E-state index contributed by atoms with van der Waals surface area (Å²) in [4.78, 5) is 12.8. The van der Waals surface area contributed by atoms with Crippen molar-refractivity contribution in [2.75, 3.05) is 13.1 Å². The van der Waals surface area contributed by atoms with E-state index >= 15 is 0 Å². The number of aliphatic hydroxyl groups is 1. The molecule has 0 heterocycles. The van der Waals surface area contributed by atoms with Crippen LogP contribution in [-0.2, 0) is 29.5 Å². The lowest BCUT2D eigenvalue weighted by Gasteiger charge is -2.37. The van der Waals surface area contributed by atoms with Gasteiger partial charge in [0.15, 0.2) is 0 Å². The minimum Gasteiger partial charge on any atom is -0.390 e. The van der Waals surface area contributed by atoms with Gasteiger partial charge in [-0.25, -0.2) is 8.42 Å². The molecule has 0 amide bonds. The van der Waals surface area contributed by atoms with Gasteiger partial charge in [-0.1, -0.05) is 111 Å². The van der Waals surface area contributed by atoms with Crippen LogP contribution in [0.15, 0.2) is 120 Å². The molecule has 0 fully saturated rings. The minimum absolute atomic E-state index is 0.0435. The lowest BCUT2D eigenvalue weighted by molar-refractivity contribution is -0.385.